The van der Waals surface area contributed by atoms with Crippen LogP contribution in [0.4, 0.5) is 20.4 Å². The third kappa shape index (κ3) is 13.6. The van der Waals surface area contributed by atoms with Crippen LogP contribution in [0.3, 0.4) is 0 Å². The molecule has 0 spiro atoms. The lowest BCUT2D eigenvalue weighted by molar-refractivity contribution is -0.116. The van der Waals surface area contributed by atoms with E-state index in [0.717, 1.165) is 35.7 Å². The molecule has 8 rings (SSSR count). The maximum atomic E-state index is 14.3. The van der Waals surface area contributed by atoms with E-state index in [1.54, 1.807) is 77.7 Å². The van der Waals surface area contributed by atoms with Gasteiger partial charge in [-0.1, -0.05) is 38.1 Å². The van der Waals surface area contributed by atoms with Gasteiger partial charge in [0, 0.05) is 60.3 Å². The molecular formula is C48H52Br2F5N5O7S. The van der Waals surface area contributed by atoms with Crippen LogP contribution in [-0.4, -0.2) is 102 Å². The van der Waals surface area contributed by atoms with Crippen molar-refractivity contribution in [2.45, 2.75) is 82.5 Å². The topological polar surface area (TPSA) is 138 Å². The number of likely N-dealkylation sites (tertiary alicyclic amines) is 2. The normalized spacial score (nSPS) is 18.7. The van der Waals surface area contributed by atoms with Gasteiger partial charge in [0.25, 0.3) is 40.9 Å². The average Bonchev–Trinajstić information content (AvgIpc) is 4.25. The van der Waals surface area contributed by atoms with Crippen LogP contribution in [0.2, 0.25) is 0 Å². The highest BCUT2D eigenvalue weighted by Gasteiger charge is 2.48. The van der Waals surface area contributed by atoms with Gasteiger partial charge in [-0.3, -0.25) is 24.0 Å². The zero-order chi connectivity index (χ0) is 49.5. The van der Waals surface area contributed by atoms with E-state index in [-0.39, 0.29) is 67.2 Å². The highest BCUT2D eigenvalue weighted by atomic mass is 79.9. The third-order valence-corrected chi connectivity index (χ3v) is 14.0. The van der Waals surface area contributed by atoms with E-state index in [0.29, 0.717) is 42.5 Å². The number of halogens is 7. The fourth-order valence-corrected chi connectivity index (χ4v) is 9.13. The Balaban J connectivity index is 0.000000190. The predicted octanol–water partition coefficient (Wildman–Crippen LogP) is 10.8. The Labute approximate surface area is 410 Å². The molecule has 2 atom stereocenters. The Morgan fingerprint density at radius 1 is 0.691 bits per heavy atom. The number of Topliss-reactive ketones (excluding diaryl/α,β-unsaturated/α-hetero) is 1. The van der Waals surface area contributed by atoms with Crippen LogP contribution in [0.15, 0.2) is 93.9 Å². The molecule has 0 bridgehead atoms. The van der Waals surface area contributed by atoms with E-state index < -0.39 is 48.3 Å². The van der Waals surface area contributed by atoms with E-state index in [9.17, 15) is 44.4 Å². The van der Waals surface area contributed by atoms with Crippen molar-refractivity contribution in [2.24, 2.45) is 0 Å². The molecular weight excluding hydrogens is 1050 g/mol. The minimum atomic E-state index is -4.93. The van der Waals surface area contributed by atoms with Gasteiger partial charge in [-0.15, -0.1) is 11.7 Å². The maximum Gasteiger partial charge on any atom is 0.278 e. The molecule has 4 aliphatic rings. The first-order chi connectivity index (χ1) is 32.2. The van der Waals surface area contributed by atoms with Crippen molar-refractivity contribution < 1.29 is 53.9 Å². The number of methoxy groups -OCH3 is 2. The number of rotatable bonds is 13. The Morgan fingerprint density at radius 3 is 1.56 bits per heavy atom. The molecule has 2 saturated heterocycles. The molecule has 2 aliphatic heterocycles. The molecule has 0 aromatic heterocycles. The van der Waals surface area contributed by atoms with Crippen molar-refractivity contribution >= 4 is 72.6 Å². The number of nitrogens with zero attached hydrogens (tertiary/aromatic N) is 3. The molecule has 366 valence electrons. The minimum Gasteiger partial charge on any atom is -0.496 e. The van der Waals surface area contributed by atoms with Crippen molar-refractivity contribution in [2.75, 3.05) is 40.4 Å². The molecule has 68 heavy (non-hydrogen) atoms. The summed E-state index contributed by atoms with van der Waals surface area (Å²) in [5.41, 5.74) is 2.98. The van der Waals surface area contributed by atoms with Gasteiger partial charge in [-0.05, 0) is 129 Å². The second-order valence-electron chi connectivity index (χ2n) is 16.6. The lowest BCUT2D eigenvalue weighted by Crippen LogP contribution is -2.33. The third-order valence-electron chi connectivity index (χ3n) is 11.6. The van der Waals surface area contributed by atoms with Gasteiger partial charge in [0.05, 0.1) is 48.3 Å². The van der Waals surface area contributed by atoms with Gasteiger partial charge in [0.1, 0.15) is 11.5 Å². The number of carbonyl (C=O) groups excluding carboxylic acids is 5. The lowest BCUT2D eigenvalue weighted by Gasteiger charge is -2.25. The van der Waals surface area contributed by atoms with Crippen molar-refractivity contribution in [3.63, 3.8) is 0 Å². The SMILES string of the molecule is CCN(CC)S(F)(F)F.COc1cc(C(=O)N2CC(=O)C[C@@H]2c2cccc(C(=O)NC3CC3)c2)ccc1Br.COc1cc(C(=O)N2CC(F)(F)C[C@@H]2c2cccc(C(=O)NC3CC3)c2)ccc1Br. The molecule has 0 unspecified atom stereocenters. The highest BCUT2D eigenvalue weighted by molar-refractivity contribution is 9.11. The van der Waals surface area contributed by atoms with Gasteiger partial charge in [0.2, 0.25) is 0 Å². The zero-order valence-electron chi connectivity index (χ0n) is 37.7. The van der Waals surface area contributed by atoms with Gasteiger partial charge in [-0.25, -0.2) is 8.78 Å². The number of nitrogens with one attached hydrogen (secondary N) is 2. The average molecular weight is 1100 g/mol. The number of alkyl halides is 2. The van der Waals surface area contributed by atoms with E-state index in [1.807, 2.05) is 6.07 Å². The van der Waals surface area contributed by atoms with E-state index >= 15 is 0 Å². The summed E-state index contributed by atoms with van der Waals surface area (Å²) in [7, 11) is 3.01. The smallest absolute Gasteiger partial charge is 0.278 e. The van der Waals surface area contributed by atoms with Crippen LogP contribution < -0.4 is 20.1 Å². The Morgan fingerprint density at radius 2 is 1.15 bits per heavy atom. The summed E-state index contributed by atoms with van der Waals surface area (Å²) in [5.74, 6) is -3.09. The number of ketones is 1. The Hall–Kier alpha value is -5.05. The summed E-state index contributed by atoms with van der Waals surface area (Å²) in [6.45, 7) is 2.52. The van der Waals surface area contributed by atoms with E-state index in [1.165, 1.54) is 39.0 Å². The first-order valence-corrected chi connectivity index (χ1v) is 24.8. The Kier molecular flexibility index (Phi) is 17.4. The molecule has 2 N–H and O–H groups in total. The fraction of sp³-hybridized carbons (Fsp3) is 0.396. The zero-order valence-corrected chi connectivity index (χ0v) is 41.7. The van der Waals surface area contributed by atoms with Crippen molar-refractivity contribution in [1.29, 1.82) is 0 Å². The summed E-state index contributed by atoms with van der Waals surface area (Å²) in [4.78, 5) is 66.0. The van der Waals surface area contributed by atoms with Gasteiger partial charge in [0.15, 0.2) is 5.78 Å². The number of carbonyl (C=O) groups is 5. The molecule has 2 heterocycles. The number of ether oxygens (including phenoxy) is 2. The predicted molar refractivity (Wildman–Crippen MR) is 256 cm³/mol. The monoisotopic (exact) mass is 1100 g/mol. The van der Waals surface area contributed by atoms with Crippen LogP contribution in [0, 0.1) is 0 Å². The molecule has 4 amide bonds. The Bertz CT molecular complexity index is 2510. The van der Waals surface area contributed by atoms with Crippen LogP contribution >= 0.6 is 43.2 Å². The summed E-state index contributed by atoms with van der Waals surface area (Å²) in [6, 6.07) is 22.9. The number of benzene rings is 4. The first-order valence-electron chi connectivity index (χ1n) is 21.9. The quantitative estimate of drug-likeness (QED) is 0.126. The van der Waals surface area contributed by atoms with Crippen molar-refractivity contribution in [3.8, 4) is 11.5 Å². The number of hydrogen-bond donors (Lipinski definition) is 2. The molecule has 20 heteroatoms. The van der Waals surface area contributed by atoms with Gasteiger partial charge >= 0.3 is 0 Å². The summed E-state index contributed by atoms with van der Waals surface area (Å²) >= 11 is 1.78. The molecule has 2 saturated carbocycles. The molecule has 4 fully saturated rings. The maximum absolute atomic E-state index is 14.3. The molecule has 0 radical (unpaired) electrons. The summed E-state index contributed by atoms with van der Waals surface area (Å²) in [6.07, 6.45) is 3.70. The van der Waals surface area contributed by atoms with E-state index in [4.69, 9.17) is 9.47 Å². The highest BCUT2D eigenvalue weighted by Crippen LogP contribution is 2.56. The van der Waals surface area contributed by atoms with Crippen LogP contribution in [0.1, 0.15) is 117 Å². The van der Waals surface area contributed by atoms with E-state index in [2.05, 4.69) is 42.5 Å². The molecule has 4 aromatic rings. The first kappa shape index (κ1) is 52.3. The number of hydrogen-bond acceptors (Lipinski definition) is 8. The van der Waals surface area contributed by atoms with Gasteiger partial charge < -0.3 is 29.9 Å². The van der Waals surface area contributed by atoms with Crippen LogP contribution in [0.25, 0.3) is 0 Å². The van der Waals surface area contributed by atoms with Gasteiger partial charge in [-0.2, -0.15) is 4.31 Å². The molecule has 2 aliphatic carbocycles. The molecule has 12 nitrogen and oxygen atoms in total. The summed E-state index contributed by atoms with van der Waals surface area (Å²) < 4.78 is 76.3. The molecule has 4 aromatic carbocycles. The largest absolute Gasteiger partial charge is 0.496 e. The van der Waals surface area contributed by atoms with Crippen LogP contribution in [0.5, 0.6) is 11.5 Å². The fourth-order valence-electron chi connectivity index (χ4n) is 7.73. The van der Waals surface area contributed by atoms with Crippen molar-refractivity contribution in [3.05, 3.63) is 127 Å². The second kappa shape index (κ2) is 22.6. The summed E-state index contributed by atoms with van der Waals surface area (Å²) in [5, 5.41) is 5.87. The van der Waals surface area contributed by atoms with Crippen LogP contribution in [-0.2, 0) is 4.79 Å². The number of amides is 4. The van der Waals surface area contributed by atoms with Crippen molar-refractivity contribution in [1.82, 2.24) is 24.7 Å². The standard InChI is InChI=1S/C22H21BrF2N2O3.C22H21BrN2O4.C4H10F3NS/c1-30-19-10-15(5-8-17(19)23)21(29)27-12-22(24,25)11-18(27)13-3-2-4-14(9-13)20(28)26-16-6-7-16;1-29-20-10-15(5-8-18(20)23)22(28)25-12-17(26)11-19(25)13-3-2-4-14(9-13)21(27)24-16-6-7-16;1-3-8(4-2)9(5,6)7/h2-5,8-10,16,18H,6-7,11-12H2,1H3,(H,26,28);2-5,8-10,16,19H,6-7,11-12H2,1H3,(H,24,27);3-4H2,1-2H3/t18-;19-;/m11./s1. The second-order valence-corrected chi connectivity index (χ2v) is 19.6. The minimum absolute atomic E-state index is 0.000242. The lowest BCUT2D eigenvalue weighted by atomic mass is 10.00.